The van der Waals surface area contributed by atoms with Crippen molar-refractivity contribution < 1.29 is 9.15 Å². The fraction of sp³-hybridized carbons (Fsp3) is 0.714. The van der Waals surface area contributed by atoms with Crippen molar-refractivity contribution in [3.63, 3.8) is 0 Å². The van der Waals surface area contributed by atoms with Crippen LogP contribution in [0.2, 0.25) is 0 Å². The Morgan fingerprint density at radius 3 is 2.94 bits per heavy atom. The summed E-state index contributed by atoms with van der Waals surface area (Å²) in [4.78, 5) is 2.36. The zero-order valence-electron chi connectivity index (χ0n) is 11.4. The van der Waals surface area contributed by atoms with E-state index >= 15 is 0 Å². The third kappa shape index (κ3) is 4.44. The maximum Gasteiger partial charge on any atom is 0.105 e. The summed E-state index contributed by atoms with van der Waals surface area (Å²) in [6.45, 7) is 6.82. The molecule has 1 fully saturated rings. The van der Waals surface area contributed by atoms with Crippen LogP contribution in [0.5, 0.6) is 0 Å². The second-order valence-electron chi connectivity index (χ2n) is 5.08. The summed E-state index contributed by atoms with van der Waals surface area (Å²) in [6.07, 6.45) is 2.13. The molecule has 4 nitrogen and oxygen atoms in total. The van der Waals surface area contributed by atoms with Gasteiger partial charge in [-0.3, -0.25) is 0 Å². The first-order valence-electron chi connectivity index (χ1n) is 6.79. The molecule has 1 saturated heterocycles. The average molecular weight is 252 g/mol. The molecule has 2 heterocycles. The minimum absolute atomic E-state index is 0.520. The Bertz CT molecular complexity index is 345. The van der Waals surface area contributed by atoms with Crippen LogP contribution in [-0.2, 0) is 11.2 Å². The Hall–Kier alpha value is -0.840. The van der Waals surface area contributed by atoms with Gasteiger partial charge in [0.05, 0.1) is 13.2 Å². The van der Waals surface area contributed by atoms with Crippen LogP contribution in [0, 0.1) is 6.92 Å². The number of nitrogens with zero attached hydrogens (tertiary/aromatic N) is 1. The summed E-state index contributed by atoms with van der Waals surface area (Å²) >= 11 is 0. The second kappa shape index (κ2) is 6.92. The molecule has 0 saturated carbocycles. The van der Waals surface area contributed by atoms with Gasteiger partial charge in [-0.2, -0.15) is 0 Å². The van der Waals surface area contributed by atoms with E-state index in [0.717, 1.165) is 57.2 Å². The Labute approximate surface area is 109 Å². The normalized spacial score (nSPS) is 20.5. The third-order valence-corrected chi connectivity index (χ3v) is 3.39. The van der Waals surface area contributed by atoms with E-state index in [-0.39, 0.29) is 0 Å². The first kappa shape index (κ1) is 13.6. The van der Waals surface area contributed by atoms with E-state index in [0.29, 0.717) is 6.04 Å². The van der Waals surface area contributed by atoms with Crippen molar-refractivity contribution in [1.82, 2.24) is 10.2 Å². The summed E-state index contributed by atoms with van der Waals surface area (Å²) in [7, 11) is 2.17. The number of rotatable bonds is 6. The summed E-state index contributed by atoms with van der Waals surface area (Å²) in [5.74, 6) is 2.08. The lowest BCUT2D eigenvalue weighted by atomic mass is 10.2. The molecule has 0 aromatic carbocycles. The van der Waals surface area contributed by atoms with E-state index in [4.69, 9.17) is 9.15 Å². The van der Waals surface area contributed by atoms with E-state index in [1.807, 2.05) is 13.0 Å². The molecule has 1 unspecified atom stereocenters. The molecule has 0 aliphatic carbocycles. The molecule has 1 aromatic rings. The third-order valence-electron chi connectivity index (χ3n) is 3.39. The predicted molar refractivity (Wildman–Crippen MR) is 71.9 cm³/mol. The summed E-state index contributed by atoms with van der Waals surface area (Å²) in [5.41, 5.74) is 0. The molecule has 4 heteroatoms. The molecule has 0 radical (unpaired) electrons. The second-order valence-corrected chi connectivity index (χ2v) is 5.08. The number of likely N-dealkylation sites (N-methyl/N-ethyl adjacent to an activating group) is 1. The van der Waals surface area contributed by atoms with Crippen LogP contribution >= 0.6 is 0 Å². The van der Waals surface area contributed by atoms with Crippen LogP contribution in [-0.4, -0.2) is 50.8 Å². The van der Waals surface area contributed by atoms with Gasteiger partial charge in [0.15, 0.2) is 0 Å². The van der Waals surface area contributed by atoms with E-state index in [9.17, 15) is 0 Å². The molecule has 18 heavy (non-hydrogen) atoms. The minimum Gasteiger partial charge on any atom is -0.466 e. The first-order chi connectivity index (χ1) is 8.74. The minimum atomic E-state index is 0.520. The number of ether oxygens (including phenoxy) is 1. The maximum absolute atomic E-state index is 5.57. The number of hydrogen-bond acceptors (Lipinski definition) is 4. The molecule has 0 bridgehead atoms. The van der Waals surface area contributed by atoms with Crippen LogP contribution < -0.4 is 5.32 Å². The molecule has 1 N–H and O–H groups in total. The SMILES string of the molecule is Cc1ccc(CCN(C)CCC2COCCN2)o1. The van der Waals surface area contributed by atoms with Gasteiger partial charge in [-0.1, -0.05) is 0 Å². The Balaban J connectivity index is 1.61. The highest BCUT2D eigenvalue weighted by Crippen LogP contribution is 2.07. The lowest BCUT2D eigenvalue weighted by Crippen LogP contribution is -2.43. The first-order valence-corrected chi connectivity index (χ1v) is 6.79. The molecule has 1 aliphatic heterocycles. The molecule has 1 atom stereocenters. The molecule has 0 spiro atoms. The largest absolute Gasteiger partial charge is 0.466 e. The van der Waals surface area contributed by atoms with Crippen molar-refractivity contribution in [1.29, 1.82) is 0 Å². The van der Waals surface area contributed by atoms with E-state index in [1.165, 1.54) is 0 Å². The molecule has 0 amide bonds. The molecule has 2 rings (SSSR count). The fourth-order valence-electron chi connectivity index (χ4n) is 2.21. The van der Waals surface area contributed by atoms with Gasteiger partial charge in [-0.15, -0.1) is 0 Å². The van der Waals surface area contributed by atoms with Gasteiger partial charge < -0.3 is 19.4 Å². The number of nitrogens with one attached hydrogen (secondary N) is 1. The number of hydrogen-bond donors (Lipinski definition) is 1. The highest BCUT2D eigenvalue weighted by molar-refractivity contribution is 5.05. The van der Waals surface area contributed by atoms with Gasteiger partial charge in [-0.25, -0.2) is 0 Å². The van der Waals surface area contributed by atoms with Gasteiger partial charge in [0.25, 0.3) is 0 Å². The van der Waals surface area contributed by atoms with Gasteiger partial charge in [0, 0.05) is 25.6 Å². The molecular weight excluding hydrogens is 228 g/mol. The van der Waals surface area contributed by atoms with Gasteiger partial charge >= 0.3 is 0 Å². The highest BCUT2D eigenvalue weighted by atomic mass is 16.5. The lowest BCUT2D eigenvalue weighted by molar-refractivity contribution is 0.0710. The van der Waals surface area contributed by atoms with Crippen molar-refractivity contribution in [2.24, 2.45) is 0 Å². The van der Waals surface area contributed by atoms with Crippen molar-refractivity contribution >= 4 is 0 Å². The molecular formula is C14H24N2O2. The Morgan fingerprint density at radius 2 is 2.28 bits per heavy atom. The monoisotopic (exact) mass is 252 g/mol. The Morgan fingerprint density at radius 1 is 1.39 bits per heavy atom. The zero-order valence-corrected chi connectivity index (χ0v) is 11.4. The smallest absolute Gasteiger partial charge is 0.105 e. The number of furan rings is 1. The topological polar surface area (TPSA) is 37.6 Å². The molecule has 102 valence electrons. The Kier molecular flexibility index (Phi) is 5.23. The van der Waals surface area contributed by atoms with E-state index in [2.05, 4.69) is 23.3 Å². The van der Waals surface area contributed by atoms with Crippen LogP contribution in [0.1, 0.15) is 17.9 Å². The maximum atomic E-state index is 5.57. The molecule has 1 aliphatic rings. The van der Waals surface area contributed by atoms with Crippen molar-refractivity contribution in [3.8, 4) is 0 Å². The fourth-order valence-corrected chi connectivity index (χ4v) is 2.21. The summed E-state index contributed by atoms with van der Waals surface area (Å²) in [5, 5.41) is 3.48. The highest BCUT2D eigenvalue weighted by Gasteiger charge is 2.13. The zero-order chi connectivity index (χ0) is 12.8. The predicted octanol–water partition coefficient (Wildman–Crippen LogP) is 1.44. The van der Waals surface area contributed by atoms with Crippen LogP contribution in [0.3, 0.4) is 0 Å². The van der Waals surface area contributed by atoms with Gasteiger partial charge in [0.1, 0.15) is 11.5 Å². The van der Waals surface area contributed by atoms with Crippen LogP contribution in [0.25, 0.3) is 0 Å². The van der Waals surface area contributed by atoms with Crippen molar-refractivity contribution in [2.75, 3.05) is 39.9 Å². The average Bonchev–Trinajstić information content (AvgIpc) is 2.81. The standard InChI is InChI=1S/C14H24N2O2/c1-12-3-4-14(18-12)6-9-16(2)8-5-13-11-17-10-7-15-13/h3-4,13,15H,5-11H2,1-2H3. The summed E-state index contributed by atoms with van der Waals surface area (Å²) < 4.78 is 11.0. The van der Waals surface area contributed by atoms with Crippen LogP contribution in [0.15, 0.2) is 16.5 Å². The number of morpholine rings is 1. The van der Waals surface area contributed by atoms with E-state index in [1.54, 1.807) is 0 Å². The quantitative estimate of drug-likeness (QED) is 0.831. The lowest BCUT2D eigenvalue weighted by Gasteiger charge is -2.26. The van der Waals surface area contributed by atoms with Crippen molar-refractivity contribution in [3.05, 3.63) is 23.7 Å². The molecule has 1 aromatic heterocycles. The van der Waals surface area contributed by atoms with Gasteiger partial charge in [0.2, 0.25) is 0 Å². The van der Waals surface area contributed by atoms with Crippen LogP contribution in [0.4, 0.5) is 0 Å². The van der Waals surface area contributed by atoms with E-state index < -0.39 is 0 Å². The van der Waals surface area contributed by atoms with Gasteiger partial charge in [-0.05, 0) is 39.1 Å². The number of aryl methyl sites for hydroxylation is 1. The summed E-state index contributed by atoms with van der Waals surface area (Å²) in [6, 6.07) is 4.62. The van der Waals surface area contributed by atoms with Crippen molar-refractivity contribution in [2.45, 2.75) is 25.8 Å².